The second kappa shape index (κ2) is 9.56. The van der Waals surface area contributed by atoms with Crippen molar-refractivity contribution in [3.8, 4) is 5.75 Å². The van der Waals surface area contributed by atoms with Crippen LogP contribution in [0.15, 0.2) is 36.4 Å². The summed E-state index contributed by atoms with van der Waals surface area (Å²) in [6.45, 7) is 4.10. The third kappa shape index (κ3) is 5.28. The van der Waals surface area contributed by atoms with E-state index in [1.807, 2.05) is 36.2 Å². The second-order valence-electron chi connectivity index (χ2n) is 8.28. The number of nitrogens with zero attached hydrogens (tertiary/aromatic N) is 2. The van der Waals surface area contributed by atoms with Gasteiger partial charge >= 0.3 is 0 Å². The molecule has 2 fully saturated rings. The summed E-state index contributed by atoms with van der Waals surface area (Å²) in [6.07, 6.45) is 2.38. The number of carbonyl (C=O) groups excluding carboxylic acids is 1. The van der Waals surface area contributed by atoms with E-state index in [1.54, 1.807) is 6.07 Å². The van der Waals surface area contributed by atoms with E-state index in [0.717, 1.165) is 36.6 Å². The molecule has 1 amide bonds. The van der Waals surface area contributed by atoms with Crippen LogP contribution in [0.3, 0.4) is 0 Å². The van der Waals surface area contributed by atoms with E-state index >= 15 is 0 Å². The van der Waals surface area contributed by atoms with Crippen LogP contribution in [0.5, 0.6) is 5.75 Å². The number of morpholine rings is 1. The molecule has 1 heterocycles. The van der Waals surface area contributed by atoms with E-state index < -0.39 is 0 Å². The molecule has 0 atom stereocenters. The molecule has 2 aromatic rings. The molecule has 2 aliphatic rings. The van der Waals surface area contributed by atoms with Crippen molar-refractivity contribution in [2.75, 3.05) is 56.8 Å². The number of halogens is 1. The van der Waals surface area contributed by atoms with Crippen LogP contribution in [0.1, 0.15) is 28.8 Å². The van der Waals surface area contributed by atoms with Gasteiger partial charge < -0.3 is 24.6 Å². The Balaban J connectivity index is 1.55. The average molecular weight is 428 g/mol. The van der Waals surface area contributed by atoms with Crippen LogP contribution < -0.4 is 19.9 Å². The van der Waals surface area contributed by atoms with Crippen LogP contribution in [0.25, 0.3) is 0 Å². The van der Waals surface area contributed by atoms with Crippen molar-refractivity contribution in [2.45, 2.75) is 19.4 Å². The molecule has 0 radical (unpaired) electrons. The van der Waals surface area contributed by atoms with Crippen LogP contribution in [0.4, 0.5) is 15.8 Å². The molecule has 0 spiro atoms. The van der Waals surface area contributed by atoms with Gasteiger partial charge in [-0.25, -0.2) is 4.39 Å². The van der Waals surface area contributed by atoms with Crippen molar-refractivity contribution in [1.82, 2.24) is 5.32 Å². The standard InChI is InChI=1S/C24H30FN3O3/c1-27(16-18-5-8-23(30-2)21(25)13-18)19-6-7-22(28-9-11-31-12-10-28)20(14-19)24(29)26-15-17-3-4-17/h5-8,13-14,17H,3-4,9-12,15-16H2,1-2H3,(H,26,29). The van der Waals surface area contributed by atoms with Gasteiger partial charge in [0, 0.05) is 44.6 Å². The van der Waals surface area contributed by atoms with E-state index in [-0.39, 0.29) is 17.5 Å². The van der Waals surface area contributed by atoms with Gasteiger partial charge in [-0.15, -0.1) is 0 Å². The summed E-state index contributed by atoms with van der Waals surface area (Å²) < 4.78 is 24.5. The van der Waals surface area contributed by atoms with Crippen molar-refractivity contribution in [3.63, 3.8) is 0 Å². The van der Waals surface area contributed by atoms with Crippen molar-refractivity contribution >= 4 is 17.3 Å². The van der Waals surface area contributed by atoms with Crippen LogP contribution in [-0.2, 0) is 11.3 Å². The molecule has 1 aliphatic heterocycles. The van der Waals surface area contributed by atoms with Gasteiger partial charge in [-0.2, -0.15) is 0 Å². The third-order valence-corrected chi connectivity index (χ3v) is 5.90. The number of anilines is 2. The molecule has 0 aromatic heterocycles. The number of methoxy groups -OCH3 is 1. The highest BCUT2D eigenvalue weighted by Gasteiger charge is 2.24. The van der Waals surface area contributed by atoms with Crippen LogP contribution in [-0.4, -0.2) is 52.9 Å². The molecular weight excluding hydrogens is 397 g/mol. The molecule has 0 unspecified atom stereocenters. The number of benzene rings is 2. The number of amides is 1. The first-order valence-corrected chi connectivity index (χ1v) is 10.8. The van der Waals surface area contributed by atoms with Crippen LogP contribution in [0, 0.1) is 11.7 Å². The van der Waals surface area contributed by atoms with E-state index in [1.165, 1.54) is 26.0 Å². The Morgan fingerprint density at radius 1 is 1.23 bits per heavy atom. The fourth-order valence-corrected chi connectivity index (χ4v) is 3.85. The molecule has 4 rings (SSSR count). The minimum absolute atomic E-state index is 0.0425. The molecule has 1 saturated heterocycles. The maximum Gasteiger partial charge on any atom is 0.253 e. The fourth-order valence-electron chi connectivity index (χ4n) is 3.85. The Morgan fingerprint density at radius 2 is 2.00 bits per heavy atom. The highest BCUT2D eigenvalue weighted by molar-refractivity contribution is 6.01. The van der Waals surface area contributed by atoms with Gasteiger partial charge in [-0.05, 0) is 54.7 Å². The fraction of sp³-hybridized carbons (Fsp3) is 0.458. The van der Waals surface area contributed by atoms with Crippen molar-refractivity contribution < 1.29 is 18.7 Å². The summed E-state index contributed by atoms with van der Waals surface area (Å²) in [6, 6.07) is 10.9. The predicted octanol–water partition coefficient (Wildman–Crippen LogP) is 3.45. The van der Waals surface area contributed by atoms with Crippen molar-refractivity contribution in [2.24, 2.45) is 5.92 Å². The number of hydrogen-bond acceptors (Lipinski definition) is 5. The maximum absolute atomic E-state index is 14.1. The van der Waals surface area contributed by atoms with Gasteiger partial charge in [0.05, 0.1) is 25.9 Å². The van der Waals surface area contributed by atoms with E-state index in [0.29, 0.717) is 31.2 Å². The Bertz CT molecular complexity index is 926. The lowest BCUT2D eigenvalue weighted by Crippen LogP contribution is -2.38. The maximum atomic E-state index is 14.1. The lowest BCUT2D eigenvalue weighted by Gasteiger charge is -2.31. The van der Waals surface area contributed by atoms with Crippen molar-refractivity contribution in [3.05, 3.63) is 53.3 Å². The Hall–Kier alpha value is -2.80. The van der Waals surface area contributed by atoms with Gasteiger partial charge in [0.15, 0.2) is 11.6 Å². The lowest BCUT2D eigenvalue weighted by atomic mass is 10.1. The number of nitrogens with one attached hydrogen (secondary N) is 1. The number of rotatable bonds is 8. The first-order chi connectivity index (χ1) is 15.0. The number of ether oxygens (including phenoxy) is 2. The first kappa shape index (κ1) is 21.4. The zero-order valence-corrected chi connectivity index (χ0v) is 18.2. The minimum atomic E-state index is -0.379. The molecule has 166 valence electrons. The lowest BCUT2D eigenvalue weighted by molar-refractivity contribution is 0.0950. The molecule has 1 aliphatic carbocycles. The monoisotopic (exact) mass is 427 g/mol. The Kier molecular flexibility index (Phi) is 6.61. The smallest absolute Gasteiger partial charge is 0.253 e. The molecule has 1 N–H and O–H groups in total. The second-order valence-corrected chi connectivity index (χ2v) is 8.28. The predicted molar refractivity (Wildman–Crippen MR) is 120 cm³/mol. The van der Waals surface area contributed by atoms with Crippen LogP contribution in [0.2, 0.25) is 0 Å². The van der Waals surface area contributed by atoms with Crippen LogP contribution >= 0.6 is 0 Å². The molecule has 1 saturated carbocycles. The Labute approximate surface area is 182 Å². The average Bonchev–Trinajstić information content (AvgIpc) is 3.62. The normalized spacial score (nSPS) is 16.2. The molecule has 0 bridgehead atoms. The summed E-state index contributed by atoms with van der Waals surface area (Å²) >= 11 is 0. The van der Waals surface area contributed by atoms with Gasteiger partial charge in [-0.3, -0.25) is 4.79 Å². The van der Waals surface area contributed by atoms with Gasteiger partial charge in [0.1, 0.15) is 0 Å². The van der Waals surface area contributed by atoms with Gasteiger partial charge in [0.2, 0.25) is 0 Å². The van der Waals surface area contributed by atoms with Crippen molar-refractivity contribution in [1.29, 1.82) is 0 Å². The van der Waals surface area contributed by atoms with Gasteiger partial charge in [0.25, 0.3) is 5.91 Å². The summed E-state index contributed by atoms with van der Waals surface area (Å²) in [5.41, 5.74) is 3.35. The Morgan fingerprint density at radius 3 is 2.68 bits per heavy atom. The number of hydrogen-bond donors (Lipinski definition) is 1. The summed E-state index contributed by atoms with van der Waals surface area (Å²) in [5, 5.41) is 3.10. The van der Waals surface area contributed by atoms with E-state index in [4.69, 9.17) is 9.47 Å². The zero-order chi connectivity index (χ0) is 21.8. The third-order valence-electron chi connectivity index (χ3n) is 5.90. The summed E-state index contributed by atoms with van der Waals surface area (Å²) in [7, 11) is 3.40. The largest absolute Gasteiger partial charge is 0.494 e. The quantitative estimate of drug-likeness (QED) is 0.699. The van der Waals surface area contributed by atoms with E-state index in [2.05, 4.69) is 10.2 Å². The molecule has 7 heteroatoms. The number of carbonyl (C=O) groups is 1. The SMILES string of the molecule is COc1ccc(CN(C)c2ccc(N3CCOCC3)c(C(=O)NCC3CC3)c2)cc1F. The molecule has 6 nitrogen and oxygen atoms in total. The van der Waals surface area contributed by atoms with Gasteiger partial charge in [-0.1, -0.05) is 6.07 Å². The molecule has 2 aromatic carbocycles. The summed E-state index contributed by atoms with van der Waals surface area (Å²) in [4.78, 5) is 17.3. The topological polar surface area (TPSA) is 54.0 Å². The minimum Gasteiger partial charge on any atom is -0.494 e. The van der Waals surface area contributed by atoms with E-state index in [9.17, 15) is 9.18 Å². The zero-order valence-electron chi connectivity index (χ0n) is 18.2. The summed E-state index contributed by atoms with van der Waals surface area (Å²) in [5.74, 6) is 0.429. The molecular formula is C24H30FN3O3. The highest BCUT2D eigenvalue weighted by atomic mass is 19.1. The molecule has 31 heavy (non-hydrogen) atoms. The first-order valence-electron chi connectivity index (χ1n) is 10.8. The highest BCUT2D eigenvalue weighted by Crippen LogP contribution is 2.30.